The number of nitrogens with one attached hydrogen (secondary N) is 1. The average molecular weight is 486 g/mol. The molecule has 0 aromatic heterocycles. The molecular formula is C28H24FN3O2S. The molecule has 176 valence electrons. The molecule has 1 fully saturated rings. The summed E-state index contributed by atoms with van der Waals surface area (Å²) < 4.78 is 18.8. The van der Waals surface area contributed by atoms with Crippen molar-refractivity contribution in [3.05, 3.63) is 94.8 Å². The summed E-state index contributed by atoms with van der Waals surface area (Å²) in [5.74, 6) is -0.522. The highest BCUT2D eigenvalue weighted by Gasteiger charge is 2.53. The predicted octanol–water partition coefficient (Wildman–Crippen LogP) is 6.13. The van der Waals surface area contributed by atoms with Crippen LogP contribution in [0.25, 0.3) is 11.1 Å². The van der Waals surface area contributed by atoms with Crippen LogP contribution in [0.1, 0.15) is 35.2 Å². The third-order valence-corrected chi connectivity index (χ3v) is 8.27. The van der Waals surface area contributed by atoms with Gasteiger partial charge < -0.3 is 15.8 Å². The standard InChI is InChI=1S/C28H24FN3O2S/c29-21-8-3-17(4-9-21)19-5-10-22(30)24(15-19)31-26(33)18-1-6-20(7-2-18)28(12-13-28)27-32-23-11-14-34-16-25(23)35-27/h1-10,15-16,27H,11-14,30H2,(H,31,33). The molecule has 7 heteroatoms. The molecule has 35 heavy (non-hydrogen) atoms. The van der Waals surface area contributed by atoms with E-state index in [1.807, 2.05) is 42.7 Å². The van der Waals surface area contributed by atoms with Crippen LogP contribution in [0.4, 0.5) is 15.8 Å². The minimum absolute atomic E-state index is 0.0266. The molecule has 1 saturated carbocycles. The monoisotopic (exact) mass is 485 g/mol. The molecule has 2 aliphatic heterocycles. The quantitative estimate of drug-likeness (QED) is 0.426. The van der Waals surface area contributed by atoms with E-state index in [-0.39, 0.29) is 22.5 Å². The zero-order valence-electron chi connectivity index (χ0n) is 19.0. The first-order valence-corrected chi connectivity index (χ1v) is 12.5. The fourth-order valence-electron chi connectivity index (χ4n) is 4.68. The fourth-order valence-corrected chi connectivity index (χ4v) is 6.11. The average Bonchev–Trinajstić information content (AvgIpc) is 3.58. The molecule has 0 saturated heterocycles. The molecule has 1 amide bonds. The van der Waals surface area contributed by atoms with Gasteiger partial charge in [0.1, 0.15) is 11.2 Å². The Bertz CT molecular complexity index is 1360. The summed E-state index contributed by atoms with van der Waals surface area (Å²) in [4.78, 5) is 19.2. The second kappa shape index (κ2) is 8.57. The molecule has 0 bridgehead atoms. The number of allylic oxidation sites excluding steroid dienone is 1. The third-order valence-electron chi connectivity index (χ3n) is 6.91. The molecule has 1 atom stereocenters. The molecule has 3 aromatic rings. The molecule has 0 radical (unpaired) electrons. The van der Waals surface area contributed by atoms with Gasteiger partial charge in [-0.2, -0.15) is 0 Å². The molecule has 1 aliphatic carbocycles. The molecule has 3 aliphatic rings. The van der Waals surface area contributed by atoms with Crippen LogP contribution in [-0.2, 0) is 10.2 Å². The SMILES string of the molecule is Nc1ccc(-c2ccc(F)cc2)cc1NC(=O)c1ccc(C2(C3N=C4CCOC=C4S3)CC2)cc1. The van der Waals surface area contributed by atoms with Crippen LogP contribution in [0, 0.1) is 5.82 Å². The van der Waals surface area contributed by atoms with E-state index in [1.165, 1.54) is 17.7 Å². The molecule has 6 rings (SSSR count). The molecule has 1 unspecified atom stereocenters. The Morgan fingerprint density at radius 2 is 1.80 bits per heavy atom. The Balaban J connectivity index is 1.19. The number of nitrogens with two attached hydrogens (primary N) is 1. The van der Waals surface area contributed by atoms with Gasteiger partial charge in [0, 0.05) is 17.4 Å². The Labute approximate surface area is 207 Å². The van der Waals surface area contributed by atoms with Gasteiger partial charge in [0.25, 0.3) is 5.91 Å². The number of nitrogen functional groups attached to an aromatic ring is 1. The molecule has 5 nitrogen and oxygen atoms in total. The first kappa shape index (κ1) is 21.9. The summed E-state index contributed by atoms with van der Waals surface area (Å²) in [7, 11) is 0. The van der Waals surface area contributed by atoms with Crippen molar-refractivity contribution in [2.24, 2.45) is 4.99 Å². The normalized spacial score (nSPS) is 19.7. The van der Waals surface area contributed by atoms with Crippen LogP contribution in [-0.4, -0.2) is 23.6 Å². The summed E-state index contributed by atoms with van der Waals surface area (Å²) in [6, 6.07) is 19.5. The summed E-state index contributed by atoms with van der Waals surface area (Å²) in [6.45, 7) is 0.698. The Kier molecular flexibility index (Phi) is 5.37. The van der Waals surface area contributed by atoms with Crippen LogP contribution in [0.15, 0.2) is 82.9 Å². The van der Waals surface area contributed by atoms with E-state index < -0.39 is 0 Å². The van der Waals surface area contributed by atoms with Crippen molar-refractivity contribution in [3.63, 3.8) is 0 Å². The van der Waals surface area contributed by atoms with E-state index >= 15 is 0 Å². The van der Waals surface area contributed by atoms with Gasteiger partial charge in [-0.1, -0.05) is 42.1 Å². The van der Waals surface area contributed by atoms with Crippen molar-refractivity contribution in [1.29, 1.82) is 0 Å². The van der Waals surface area contributed by atoms with Crippen LogP contribution in [0.2, 0.25) is 0 Å². The van der Waals surface area contributed by atoms with Crippen molar-refractivity contribution < 1.29 is 13.9 Å². The summed E-state index contributed by atoms with van der Waals surface area (Å²) in [6.07, 6.45) is 4.89. The highest BCUT2D eigenvalue weighted by atomic mass is 32.2. The Hall–Kier alpha value is -3.58. The maximum absolute atomic E-state index is 13.3. The smallest absolute Gasteiger partial charge is 0.255 e. The van der Waals surface area contributed by atoms with Crippen molar-refractivity contribution in [2.75, 3.05) is 17.7 Å². The zero-order valence-corrected chi connectivity index (χ0v) is 19.8. The second-order valence-corrected chi connectivity index (χ2v) is 10.3. The van der Waals surface area contributed by atoms with Crippen LogP contribution < -0.4 is 11.1 Å². The van der Waals surface area contributed by atoms with E-state index in [2.05, 4.69) is 5.32 Å². The number of thioether (sulfide) groups is 1. The number of anilines is 2. The van der Waals surface area contributed by atoms with Gasteiger partial charge in [-0.05, 0) is 65.9 Å². The minimum atomic E-state index is -0.294. The number of rotatable bonds is 5. The second-order valence-electron chi connectivity index (χ2n) is 9.15. The molecular weight excluding hydrogens is 461 g/mol. The molecule has 2 heterocycles. The van der Waals surface area contributed by atoms with Crippen molar-refractivity contribution in [3.8, 4) is 11.1 Å². The van der Waals surface area contributed by atoms with E-state index in [4.69, 9.17) is 15.5 Å². The number of ether oxygens (including phenoxy) is 1. The van der Waals surface area contributed by atoms with Gasteiger partial charge in [-0.15, -0.1) is 0 Å². The number of benzene rings is 3. The van der Waals surface area contributed by atoms with E-state index in [1.54, 1.807) is 30.0 Å². The lowest BCUT2D eigenvalue weighted by atomic mass is 9.94. The van der Waals surface area contributed by atoms with Crippen molar-refractivity contribution in [2.45, 2.75) is 30.1 Å². The molecule has 3 N–H and O–H groups in total. The van der Waals surface area contributed by atoms with Crippen molar-refractivity contribution in [1.82, 2.24) is 0 Å². The fraction of sp³-hybridized carbons (Fsp3) is 0.214. The van der Waals surface area contributed by atoms with Crippen LogP contribution in [0.5, 0.6) is 0 Å². The van der Waals surface area contributed by atoms with E-state index in [0.717, 1.165) is 41.0 Å². The van der Waals surface area contributed by atoms with E-state index in [0.29, 0.717) is 23.5 Å². The largest absolute Gasteiger partial charge is 0.500 e. The highest BCUT2D eigenvalue weighted by Crippen LogP contribution is 2.58. The maximum Gasteiger partial charge on any atom is 0.255 e. The van der Waals surface area contributed by atoms with Gasteiger partial charge in [-0.25, -0.2) is 4.39 Å². The van der Waals surface area contributed by atoms with E-state index in [9.17, 15) is 9.18 Å². The Morgan fingerprint density at radius 3 is 2.51 bits per heavy atom. The number of hydrogen-bond acceptors (Lipinski definition) is 5. The number of halogens is 1. The summed E-state index contributed by atoms with van der Waals surface area (Å²) >= 11 is 1.79. The van der Waals surface area contributed by atoms with Gasteiger partial charge in [0.15, 0.2) is 0 Å². The number of carbonyl (C=O) groups is 1. The lowest BCUT2D eigenvalue weighted by Gasteiger charge is -2.20. The number of fused-ring (bicyclic) bond motifs is 1. The van der Waals surface area contributed by atoms with Crippen LogP contribution in [0.3, 0.4) is 0 Å². The third kappa shape index (κ3) is 4.10. The highest BCUT2D eigenvalue weighted by molar-refractivity contribution is 8.05. The number of aliphatic imine (C=N–C) groups is 1. The first-order chi connectivity index (χ1) is 17.0. The first-order valence-electron chi connectivity index (χ1n) is 11.6. The lowest BCUT2D eigenvalue weighted by molar-refractivity contribution is 0.102. The lowest BCUT2D eigenvalue weighted by Crippen LogP contribution is -2.20. The Morgan fingerprint density at radius 1 is 1.06 bits per heavy atom. The number of amides is 1. The topological polar surface area (TPSA) is 76.7 Å². The van der Waals surface area contributed by atoms with Gasteiger partial charge in [-0.3, -0.25) is 9.79 Å². The predicted molar refractivity (Wildman–Crippen MR) is 139 cm³/mol. The zero-order chi connectivity index (χ0) is 24.0. The molecule has 3 aromatic carbocycles. The van der Waals surface area contributed by atoms with Gasteiger partial charge in [0.05, 0.1) is 34.9 Å². The summed E-state index contributed by atoms with van der Waals surface area (Å²) in [5, 5.41) is 3.09. The molecule has 0 spiro atoms. The van der Waals surface area contributed by atoms with Crippen LogP contribution >= 0.6 is 11.8 Å². The van der Waals surface area contributed by atoms with Gasteiger partial charge in [0.2, 0.25) is 0 Å². The minimum Gasteiger partial charge on any atom is -0.500 e. The number of carbonyl (C=O) groups excluding carboxylic acids is 1. The number of hydrogen-bond donors (Lipinski definition) is 2. The maximum atomic E-state index is 13.3. The van der Waals surface area contributed by atoms with Gasteiger partial charge >= 0.3 is 0 Å². The van der Waals surface area contributed by atoms with Crippen molar-refractivity contribution >= 4 is 34.8 Å². The summed E-state index contributed by atoms with van der Waals surface area (Å²) in [5.41, 5.74) is 11.8. The number of nitrogens with zero attached hydrogens (tertiary/aromatic N) is 1.